The summed E-state index contributed by atoms with van der Waals surface area (Å²) in [5.74, 6) is -0.961. The number of carboxylic acid groups (broad SMARTS) is 1. The predicted octanol–water partition coefficient (Wildman–Crippen LogP) is 1.79. The Bertz CT molecular complexity index is 519. The van der Waals surface area contributed by atoms with E-state index in [4.69, 9.17) is 5.11 Å². The molecular weight excluding hydrogens is 274 g/mol. The molecule has 0 amide bonds. The Hall–Kier alpha value is -0.920. The van der Waals surface area contributed by atoms with Crippen LogP contribution in [0.4, 0.5) is 0 Å². The van der Waals surface area contributed by atoms with E-state index in [0.717, 1.165) is 11.3 Å². The maximum absolute atomic E-state index is 12.3. The zero-order chi connectivity index (χ0) is 13.9. The summed E-state index contributed by atoms with van der Waals surface area (Å²) in [5, 5.41) is 8.67. The molecule has 5 nitrogen and oxygen atoms in total. The van der Waals surface area contributed by atoms with Gasteiger partial charge >= 0.3 is 5.97 Å². The first-order valence-corrected chi connectivity index (χ1v) is 7.87. The Balaban J connectivity index is 3.05. The SMILES string of the molecule is CCN(C(C)C)S(=O)(=O)c1ccc(CC(=O)O)s1. The molecule has 7 heteroatoms. The lowest BCUT2D eigenvalue weighted by molar-refractivity contribution is -0.136. The summed E-state index contributed by atoms with van der Waals surface area (Å²) in [7, 11) is -3.51. The highest BCUT2D eigenvalue weighted by Crippen LogP contribution is 2.26. The van der Waals surface area contributed by atoms with E-state index in [1.165, 1.54) is 10.4 Å². The monoisotopic (exact) mass is 291 g/mol. The Kier molecular flexibility index (Phi) is 4.89. The minimum Gasteiger partial charge on any atom is -0.481 e. The van der Waals surface area contributed by atoms with Crippen molar-refractivity contribution in [1.29, 1.82) is 0 Å². The second kappa shape index (κ2) is 5.81. The molecule has 0 atom stereocenters. The smallest absolute Gasteiger partial charge is 0.308 e. The number of hydrogen-bond donors (Lipinski definition) is 1. The van der Waals surface area contributed by atoms with Crippen molar-refractivity contribution in [2.75, 3.05) is 6.54 Å². The predicted molar refractivity (Wildman–Crippen MR) is 70.4 cm³/mol. The average Bonchev–Trinajstić information content (AvgIpc) is 2.65. The molecule has 0 radical (unpaired) electrons. The van der Waals surface area contributed by atoms with Crippen LogP contribution in [0.25, 0.3) is 0 Å². The molecule has 0 aliphatic carbocycles. The fourth-order valence-corrected chi connectivity index (χ4v) is 4.79. The highest BCUT2D eigenvalue weighted by atomic mass is 32.2. The van der Waals surface area contributed by atoms with Gasteiger partial charge in [-0.05, 0) is 26.0 Å². The van der Waals surface area contributed by atoms with Gasteiger partial charge in [0.05, 0.1) is 6.42 Å². The van der Waals surface area contributed by atoms with E-state index in [9.17, 15) is 13.2 Å². The average molecular weight is 291 g/mol. The third kappa shape index (κ3) is 3.30. The molecule has 0 aromatic carbocycles. The molecule has 0 saturated carbocycles. The summed E-state index contributed by atoms with van der Waals surface area (Å²) in [6, 6.07) is 2.91. The second-order valence-corrected chi connectivity index (χ2v) is 7.38. The fourth-order valence-electron chi connectivity index (χ4n) is 1.67. The van der Waals surface area contributed by atoms with Gasteiger partial charge in [0, 0.05) is 17.5 Å². The Morgan fingerprint density at radius 2 is 2.06 bits per heavy atom. The number of aliphatic carboxylic acids is 1. The van der Waals surface area contributed by atoms with E-state index in [0.29, 0.717) is 11.4 Å². The van der Waals surface area contributed by atoms with Crippen LogP contribution in [0.2, 0.25) is 0 Å². The molecule has 0 bridgehead atoms. The molecule has 102 valence electrons. The highest BCUT2D eigenvalue weighted by Gasteiger charge is 2.27. The van der Waals surface area contributed by atoms with Gasteiger partial charge in [-0.3, -0.25) is 4.79 Å². The molecule has 0 aliphatic heterocycles. The summed E-state index contributed by atoms with van der Waals surface area (Å²) in [6.45, 7) is 5.80. The van der Waals surface area contributed by atoms with Crippen LogP contribution in [0.1, 0.15) is 25.6 Å². The van der Waals surface area contributed by atoms with Crippen LogP contribution in [0.15, 0.2) is 16.3 Å². The molecule has 0 spiro atoms. The summed E-state index contributed by atoms with van der Waals surface area (Å²) in [4.78, 5) is 11.1. The molecular formula is C11H17NO4S2. The normalized spacial score (nSPS) is 12.3. The number of hydrogen-bond acceptors (Lipinski definition) is 4. The van der Waals surface area contributed by atoms with Crippen molar-refractivity contribution in [2.45, 2.75) is 37.4 Å². The van der Waals surface area contributed by atoms with Gasteiger partial charge in [-0.1, -0.05) is 6.92 Å². The van der Waals surface area contributed by atoms with Crippen LogP contribution in [0.5, 0.6) is 0 Å². The molecule has 0 unspecified atom stereocenters. The third-order valence-electron chi connectivity index (χ3n) is 2.41. The Morgan fingerprint density at radius 1 is 1.44 bits per heavy atom. The Labute approximate surface area is 111 Å². The van der Waals surface area contributed by atoms with E-state index in [1.54, 1.807) is 13.0 Å². The van der Waals surface area contributed by atoms with Gasteiger partial charge in [-0.2, -0.15) is 4.31 Å². The summed E-state index contributed by atoms with van der Waals surface area (Å²) < 4.78 is 26.2. The van der Waals surface area contributed by atoms with E-state index in [-0.39, 0.29) is 16.7 Å². The topological polar surface area (TPSA) is 74.7 Å². The zero-order valence-electron chi connectivity index (χ0n) is 10.6. The minimum absolute atomic E-state index is 0.120. The lowest BCUT2D eigenvalue weighted by Crippen LogP contribution is -2.36. The van der Waals surface area contributed by atoms with E-state index >= 15 is 0 Å². The summed E-state index contributed by atoms with van der Waals surface area (Å²) in [5.41, 5.74) is 0. The van der Waals surface area contributed by atoms with E-state index < -0.39 is 16.0 Å². The number of carboxylic acids is 1. The lowest BCUT2D eigenvalue weighted by atomic mass is 10.3. The molecule has 1 heterocycles. The largest absolute Gasteiger partial charge is 0.481 e. The van der Waals surface area contributed by atoms with Crippen LogP contribution >= 0.6 is 11.3 Å². The van der Waals surface area contributed by atoms with E-state index in [1.807, 2.05) is 13.8 Å². The van der Waals surface area contributed by atoms with E-state index in [2.05, 4.69) is 0 Å². The molecule has 1 rings (SSSR count). The van der Waals surface area contributed by atoms with Crippen molar-refractivity contribution in [3.05, 3.63) is 17.0 Å². The molecule has 18 heavy (non-hydrogen) atoms. The quantitative estimate of drug-likeness (QED) is 0.867. The van der Waals surface area contributed by atoms with Crippen LogP contribution in [-0.2, 0) is 21.2 Å². The Morgan fingerprint density at radius 3 is 2.50 bits per heavy atom. The first kappa shape index (κ1) is 15.1. The second-order valence-electron chi connectivity index (χ2n) is 4.09. The van der Waals surface area contributed by atoms with Crippen molar-refractivity contribution in [3.63, 3.8) is 0 Å². The number of carbonyl (C=O) groups is 1. The van der Waals surface area contributed by atoms with Gasteiger partial charge in [-0.25, -0.2) is 8.42 Å². The molecule has 1 aromatic heterocycles. The first-order valence-electron chi connectivity index (χ1n) is 5.61. The number of thiophene rings is 1. The van der Waals surface area contributed by atoms with Gasteiger partial charge in [0.25, 0.3) is 10.0 Å². The van der Waals surface area contributed by atoms with Crippen molar-refractivity contribution < 1.29 is 18.3 Å². The van der Waals surface area contributed by atoms with Crippen molar-refractivity contribution in [3.8, 4) is 0 Å². The van der Waals surface area contributed by atoms with Crippen molar-refractivity contribution >= 4 is 27.3 Å². The zero-order valence-corrected chi connectivity index (χ0v) is 12.2. The molecule has 1 aromatic rings. The van der Waals surface area contributed by atoms with Gasteiger partial charge in [0.1, 0.15) is 4.21 Å². The van der Waals surface area contributed by atoms with Crippen LogP contribution < -0.4 is 0 Å². The molecule has 1 N–H and O–H groups in total. The molecule has 0 fully saturated rings. The third-order valence-corrected chi connectivity index (χ3v) is 6.12. The van der Waals surface area contributed by atoms with Gasteiger partial charge in [0.2, 0.25) is 0 Å². The number of nitrogens with zero attached hydrogens (tertiary/aromatic N) is 1. The minimum atomic E-state index is -3.51. The van der Waals surface area contributed by atoms with Gasteiger partial charge in [0.15, 0.2) is 0 Å². The first-order chi connectivity index (χ1) is 8.28. The summed E-state index contributed by atoms with van der Waals surface area (Å²) in [6.07, 6.45) is -0.145. The summed E-state index contributed by atoms with van der Waals surface area (Å²) >= 11 is 1.02. The maximum Gasteiger partial charge on any atom is 0.308 e. The van der Waals surface area contributed by atoms with Crippen molar-refractivity contribution in [1.82, 2.24) is 4.31 Å². The number of rotatable bonds is 6. The van der Waals surface area contributed by atoms with Crippen molar-refractivity contribution in [2.24, 2.45) is 0 Å². The molecule has 0 aliphatic rings. The number of sulfonamides is 1. The lowest BCUT2D eigenvalue weighted by Gasteiger charge is -2.23. The van der Waals surface area contributed by atoms with Gasteiger partial charge < -0.3 is 5.11 Å². The van der Waals surface area contributed by atoms with Crippen LogP contribution in [0.3, 0.4) is 0 Å². The van der Waals surface area contributed by atoms with Gasteiger partial charge in [-0.15, -0.1) is 11.3 Å². The standard InChI is InChI=1S/C11H17NO4S2/c1-4-12(8(2)3)18(15,16)11-6-5-9(17-11)7-10(13)14/h5-6,8H,4,7H2,1-3H3,(H,13,14). The molecule has 0 saturated heterocycles. The maximum atomic E-state index is 12.3. The van der Waals surface area contributed by atoms with Crippen LogP contribution in [-0.4, -0.2) is 36.4 Å². The fraction of sp³-hybridized carbons (Fsp3) is 0.545. The van der Waals surface area contributed by atoms with Crippen LogP contribution in [0, 0.1) is 0 Å². The highest BCUT2D eigenvalue weighted by molar-refractivity contribution is 7.91.